The van der Waals surface area contributed by atoms with Crippen molar-refractivity contribution in [3.63, 3.8) is 0 Å². The van der Waals surface area contributed by atoms with E-state index >= 15 is 0 Å². The third kappa shape index (κ3) is 4.33. The highest BCUT2D eigenvalue weighted by atomic mass is 32.1. The lowest BCUT2D eigenvalue weighted by atomic mass is 10.2. The third-order valence-electron chi connectivity index (χ3n) is 4.94. The molecule has 2 aromatic heterocycles. The first kappa shape index (κ1) is 19.2. The second-order valence-electron chi connectivity index (χ2n) is 6.76. The van der Waals surface area contributed by atoms with Crippen molar-refractivity contribution >= 4 is 39.0 Å². The van der Waals surface area contributed by atoms with Gasteiger partial charge in [-0.05, 0) is 11.4 Å². The van der Waals surface area contributed by atoms with Crippen molar-refractivity contribution in [1.82, 2.24) is 20.2 Å². The van der Waals surface area contributed by atoms with Crippen LogP contribution in [0.25, 0.3) is 10.2 Å². The van der Waals surface area contributed by atoms with Gasteiger partial charge in [-0.15, -0.1) is 11.3 Å². The van der Waals surface area contributed by atoms with Crippen LogP contribution in [0.15, 0.2) is 42.0 Å². The molecule has 1 amide bonds. The molecule has 3 aromatic rings. The van der Waals surface area contributed by atoms with Crippen molar-refractivity contribution in [3.8, 4) is 0 Å². The van der Waals surface area contributed by atoms with Crippen LogP contribution < -0.4 is 10.2 Å². The molecule has 0 unspecified atom stereocenters. The van der Waals surface area contributed by atoms with Crippen LogP contribution in [0.4, 0.5) is 11.5 Å². The van der Waals surface area contributed by atoms with E-state index in [-0.39, 0.29) is 24.7 Å². The largest absolute Gasteiger partial charge is 0.353 e. The Bertz CT molecular complexity index is 1030. The van der Waals surface area contributed by atoms with E-state index in [4.69, 9.17) is 0 Å². The molecule has 9 nitrogen and oxygen atoms in total. The van der Waals surface area contributed by atoms with E-state index in [1.165, 1.54) is 6.07 Å². The summed E-state index contributed by atoms with van der Waals surface area (Å²) in [4.78, 5) is 36.9. The molecule has 0 aliphatic carbocycles. The monoisotopic (exact) mass is 412 g/mol. The highest BCUT2D eigenvalue weighted by Gasteiger charge is 2.22. The lowest BCUT2D eigenvalue weighted by molar-refractivity contribution is -0.385. The number of carbonyl (C=O) groups is 1. The molecule has 1 N–H and O–H groups in total. The van der Waals surface area contributed by atoms with E-state index in [0.717, 1.165) is 42.2 Å². The number of hydrogen-bond acceptors (Lipinski definition) is 8. The minimum Gasteiger partial charge on any atom is -0.353 e. The lowest BCUT2D eigenvalue weighted by Crippen LogP contribution is -2.49. The van der Waals surface area contributed by atoms with Crippen LogP contribution in [0.2, 0.25) is 0 Å². The van der Waals surface area contributed by atoms with Crippen LogP contribution in [-0.2, 0) is 11.3 Å². The van der Waals surface area contributed by atoms with Gasteiger partial charge in [-0.1, -0.05) is 18.2 Å². The zero-order valence-electron chi connectivity index (χ0n) is 15.7. The molecule has 0 saturated carbocycles. The zero-order chi connectivity index (χ0) is 20.2. The van der Waals surface area contributed by atoms with Gasteiger partial charge in [0.05, 0.1) is 16.9 Å². The molecule has 1 aromatic carbocycles. The number of aromatic nitrogens is 2. The average molecular weight is 412 g/mol. The fraction of sp³-hybridized carbons (Fsp3) is 0.316. The first-order valence-corrected chi connectivity index (χ1v) is 10.1. The Morgan fingerprint density at radius 3 is 2.76 bits per heavy atom. The Hall–Kier alpha value is -3.11. The molecule has 1 aliphatic heterocycles. The second-order valence-corrected chi connectivity index (χ2v) is 7.66. The highest BCUT2D eigenvalue weighted by molar-refractivity contribution is 7.16. The number of piperazine rings is 1. The number of fused-ring (bicyclic) bond motifs is 1. The molecule has 150 valence electrons. The van der Waals surface area contributed by atoms with Gasteiger partial charge in [-0.3, -0.25) is 19.8 Å². The van der Waals surface area contributed by atoms with E-state index in [1.807, 2.05) is 11.4 Å². The zero-order valence-corrected chi connectivity index (χ0v) is 16.5. The predicted molar refractivity (Wildman–Crippen MR) is 111 cm³/mol. The normalized spacial score (nSPS) is 14.8. The molecule has 0 radical (unpaired) electrons. The van der Waals surface area contributed by atoms with E-state index in [2.05, 4.69) is 25.1 Å². The molecule has 1 saturated heterocycles. The summed E-state index contributed by atoms with van der Waals surface area (Å²) in [6.07, 6.45) is 1.59. The van der Waals surface area contributed by atoms with Gasteiger partial charge in [0.15, 0.2) is 0 Å². The number of anilines is 1. The first-order valence-electron chi connectivity index (χ1n) is 9.26. The maximum absolute atomic E-state index is 12.3. The number of nitro benzene ring substituents is 1. The summed E-state index contributed by atoms with van der Waals surface area (Å²) >= 11 is 1.60. The number of carbonyl (C=O) groups excluding carboxylic acids is 1. The Kier molecular flexibility index (Phi) is 5.63. The summed E-state index contributed by atoms with van der Waals surface area (Å²) < 4.78 is 0. The van der Waals surface area contributed by atoms with Crippen molar-refractivity contribution in [2.24, 2.45) is 0 Å². The summed E-state index contributed by atoms with van der Waals surface area (Å²) in [6.45, 7) is 3.46. The lowest BCUT2D eigenvalue weighted by Gasteiger charge is -2.35. The van der Waals surface area contributed by atoms with Gasteiger partial charge in [0, 0.05) is 44.4 Å². The van der Waals surface area contributed by atoms with Crippen molar-refractivity contribution in [3.05, 3.63) is 57.7 Å². The van der Waals surface area contributed by atoms with Crippen LogP contribution in [0, 0.1) is 10.1 Å². The second kappa shape index (κ2) is 8.50. The van der Waals surface area contributed by atoms with Gasteiger partial charge in [0.25, 0.3) is 5.69 Å². The minimum absolute atomic E-state index is 0.0195. The van der Waals surface area contributed by atoms with Crippen molar-refractivity contribution in [2.75, 3.05) is 37.6 Å². The maximum atomic E-state index is 12.3. The number of nitrogens with zero attached hydrogens (tertiary/aromatic N) is 5. The third-order valence-corrected chi connectivity index (χ3v) is 5.76. The standard InChI is InChI=1S/C19H20N6O3S/c26-17(20-11-14-3-1-2-4-16(14)25(27)28)12-23-6-8-24(9-7-23)18-15-5-10-29-19(15)22-13-21-18/h1-5,10,13H,6-9,11-12H2,(H,20,26). The van der Waals surface area contributed by atoms with Crippen molar-refractivity contribution in [2.45, 2.75) is 6.54 Å². The summed E-state index contributed by atoms with van der Waals surface area (Å²) in [7, 11) is 0. The van der Waals surface area contributed by atoms with Gasteiger partial charge in [0.2, 0.25) is 5.91 Å². The molecular formula is C19H20N6O3S. The van der Waals surface area contributed by atoms with E-state index in [9.17, 15) is 14.9 Å². The quantitative estimate of drug-likeness (QED) is 0.488. The summed E-state index contributed by atoms with van der Waals surface area (Å²) in [5, 5.41) is 16.9. The van der Waals surface area contributed by atoms with E-state index in [1.54, 1.807) is 35.9 Å². The van der Waals surface area contributed by atoms with E-state index in [0.29, 0.717) is 5.56 Å². The molecule has 3 heterocycles. The minimum atomic E-state index is -0.432. The predicted octanol–water partition coefficient (Wildman–Crippen LogP) is 2.04. The van der Waals surface area contributed by atoms with Gasteiger partial charge in [0.1, 0.15) is 17.0 Å². The number of benzene rings is 1. The average Bonchev–Trinajstić information content (AvgIpc) is 3.22. The Morgan fingerprint density at radius 1 is 1.17 bits per heavy atom. The maximum Gasteiger partial charge on any atom is 0.274 e. The fourth-order valence-corrected chi connectivity index (χ4v) is 4.17. The van der Waals surface area contributed by atoms with Crippen LogP contribution in [0.3, 0.4) is 0 Å². The molecule has 1 fully saturated rings. The van der Waals surface area contributed by atoms with Gasteiger partial charge in [-0.25, -0.2) is 9.97 Å². The Labute approximate surface area is 171 Å². The number of thiophene rings is 1. The number of amides is 1. The molecule has 0 bridgehead atoms. The molecule has 29 heavy (non-hydrogen) atoms. The fourth-order valence-electron chi connectivity index (χ4n) is 3.44. The summed E-state index contributed by atoms with van der Waals surface area (Å²) in [5.74, 6) is 0.801. The number of hydrogen-bond donors (Lipinski definition) is 1. The molecule has 0 spiro atoms. The van der Waals surface area contributed by atoms with E-state index < -0.39 is 4.92 Å². The summed E-state index contributed by atoms with van der Waals surface area (Å²) in [5.41, 5.74) is 0.519. The Balaban J connectivity index is 1.29. The number of rotatable bonds is 6. The molecule has 4 rings (SSSR count). The highest BCUT2D eigenvalue weighted by Crippen LogP contribution is 2.27. The summed E-state index contributed by atoms with van der Waals surface area (Å²) in [6, 6.07) is 8.48. The van der Waals surface area contributed by atoms with Gasteiger partial charge >= 0.3 is 0 Å². The number of nitro groups is 1. The van der Waals surface area contributed by atoms with Crippen LogP contribution in [0.1, 0.15) is 5.56 Å². The van der Waals surface area contributed by atoms with Gasteiger partial charge in [-0.2, -0.15) is 0 Å². The number of para-hydroxylation sites is 1. The topological polar surface area (TPSA) is 104 Å². The van der Waals surface area contributed by atoms with Crippen LogP contribution in [0.5, 0.6) is 0 Å². The smallest absolute Gasteiger partial charge is 0.274 e. The van der Waals surface area contributed by atoms with Crippen LogP contribution >= 0.6 is 11.3 Å². The first-order chi connectivity index (χ1) is 14.1. The molecular weight excluding hydrogens is 392 g/mol. The SMILES string of the molecule is O=C(CN1CCN(c2ncnc3sccc23)CC1)NCc1ccccc1[N+](=O)[O-]. The molecule has 0 atom stereocenters. The number of nitrogens with one attached hydrogen (secondary N) is 1. The van der Waals surface area contributed by atoms with Crippen molar-refractivity contribution < 1.29 is 9.72 Å². The van der Waals surface area contributed by atoms with Crippen LogP contribution in [-0.4, -0.2) is 58.4 Å². The molecule has 10 heteroatoms. The van der Waals surface area contributed by atoms with Crippen molar-refractivity contribution in [1.29, 1.82) is 0 Å². The van der Waals surface area contributed by atoms with Gasteiger partial charge < -0.3 is 10.2 Å². The Morgan fingerprint density at radius 2 is 1.97 bits per heavy atom. The molecule has 1 aliphatic rings.